The monoisotopic (exact) mass is 261 g/mol. The van der Waals surface area contributed by atoms with Gasteiger partial charge in [0.15, 0.2) is 0 Å². The Hall–Kier alpha value is -1.36. The first kappa shape index (κ1) is 12.7. The van der Waals surface area contributed by atoms with Crippen LogP contribution < -0.4 is 16.0 Å². The van der Waals surface area contributed by atoms with Crippen molar-refractivity contribution in [1.29, 1.82) is 0 Å². The largest absolute Gasteiger partial charge is 0.370 e. The quantitative estimate of drug-likeness (QED) is 0.843. The SMILES string of the molecule is NCC1CCCN1c1cc(NCC2CCC2)ncn1. The molecule has 0 amide bonds. The molecule has 1 aliphatic carbocycles. The van der Waals surface area contributed by atoms with Crippen LogP contribution in [0.25, 0.3) is 0 Å². The highest BCUT2D eigenvalue weighted by atomic mass is 15.2. The van der Waals surface area contributed by atoms with Crippen molar-refractivity contribution in [2.45, 2.75) is 38.1 Å². The molecule has 5 heteroatoms. The Balaban J connectivity index is 1.64. The maximum Gasteiger partial charge on any atom is 0.134 e. The van der Waals surface area contributed by atoms with Crippen molar-refractivity contribution in [1.82, 2.24) is 9.97 Å². The zero-order chi connectivity index (χ0) is 13.1. The Morgan fingerprint density at radius 2 is 2.16 bits per heavy atom. The molecule has 19 heavy (non-hydrogen) atoms. The number of nitrogens with two attached hydrogens (primary N) is 1. The van der Waals surface area contributed by atoms with Crippen molar-refractivity contribution in [2.75, 3.05) is 29.9 Å². The minimum absolute atomic E-state index is 0.439. The van der Waals surface area contributed by atoms with Crippen molar-refractivity contribution in [2.24, 2.45) is 11.7 Å². The molecule has 1 saturated carbocycles. The Morgan fingerprint density at radius 1 is 1.26 bits per heavy atom. The standard InChI is InChI=1S/C14H23N5/c15-8-12-5-2-6-19(12)14-7-13(17-10-18-14)16-9-11-3-1-4-11/h7,10-12H,1-6,8-9,15H2,(H,16,17,18). The van der Waals surface area contributed by atoms with E-state index in [9.17, 15) is 0 Å². The normalized spacial score (nSPS) is 23.4. The summed E-state index contributed by atoms with van der Waals surface area (Å²) in [6.45, 7) is 2.80. The molecule has 2 aliphatic rings. The molecule has 2 heterocycles. The summed E-state index contributed by atoms with van der Waals surface area (Å²) in [5.74, 6) is 2.79. The van der Waals surface area contributed by atoms with Crippen LogP contribution in [-0.4, -0.2) is 35.6 Å². The van der Waals surface area contributed by atoms with Crippen LogP contribution in [0.3, 0.4) is 0 Å². The maximum atomic E-state index is 5.82. The smallest absolute Gasteiger partial charge is 0.134 e. The predicted molar refractivity (Wildman–Crippen MR) is 77.3 cm³/mol. The third kappa shape index (κ3) is 2.81. The summed E-state index contributed by atoms with van der Waals surface area (Å²) in [7, 11) is 0. The van der Waals surface area contributed by atoms with Gasteiger partial charge in [-0.2, -0.15) is 0 Å². The third-order valence-corrected chi connectivity index (χ3v) is 4.39. The van der Waals surface area contributed by atoms with Crippen LogP contribution in [0.15, 0.2) is 12.4 Å². The fourth-order valence-electron chi connectivity index (χ4n) is 2.93. The number of rotatable bonds is 5. The molecule has 1 saturated heterocycles. The molecular formula is C14H23N5. The molecule has 0 aromatic carbocycles. The fraction of sp³-hybridized carbons (Fsp3) is 0.714. The first-order chi connectivity index (χ1) is 9.36. The number of nitrogens with zero attached hydrogens (tertiary/aromatic N) is 3. The van der Waals surface area contributed by atoms with Crippen LogP contribution in [0, 0.1) is 5.92 Å². The second kappa shape index (κ2) is 5.74. The minimum Gasteiger partial charge on any atom is -0.370 e. The van der Waals surface area contributed by atoms with Gasteiger partial charge in [-0.25, -0.2) is 9.97 Å². The molecule has 3 rings (SSSR count). The van der Waals surface area contributed by atoms with Gasteiger partial charge in [0, 0.05) is 31.7 Å². The highest BCUT2D eigenvalue weighted by Crippen LogP contribution is 2.27. The molecule has 1 unspecified atom stereocenters. The molecule has 1 aromatic rings. The lowest BCUT2D eigenvalue weighted by Crippen LogP contribution is -2.36. The van der Waals surface area contributed by atoms with Gasteiger partial charge in [0.05, 0.1) is 0 Å². The molecule has 0 radical (unpaired) electrons. The van der Waals surface area contributed by atoms with Gasteiger partial charge in [0.25, 0.3) is 0 Å². The van der Waals surface area contributed by atoms with Crippen LogP contribution in [0.2, 0.25) is 0 Å². The van der Waals surface area contributed by atoms with Gasteiger partial charge >= 0.3 is 0 Å². The number of aromatic nitrogens is 2. The number of hydrogen-bond acceptors (Lipinski definition) is 5. The van der Waals surface area contributed by atoms with E-state index in [0.29, 0.717) is 12.6 Å². The topological polar surface area (TPSA) is 67.1 Å². The van der Waals surface area contributed by atoms with Crippen molar-refractivity contribution in [3.8, 4) is 0 Å². The average Bonchev–Trinajstić information content (AvgIpc) is 2.85. The molecule has 1 aromatic heterocycles. The van der Waals surface area contributed by atoms with Gasteiger partial charge in [-0.3, -0.25) is 0 Å². The number of anilines is 2. The lowest BCUT2D eigenvalue weighted by molar-refractivity contribution is 0.333. The van der Waals surface area contributed by atoms with Crippen LogP contribution in [-0.2, 0) is 0 Å². The van der Waals surface area contributed by atoms with E-state index in [1.807, 2.05) is 0 Å². The highest BCUT2D eigenvalue weighted by molar-refractivity contribution is 5.49. The van der Waals surface area contributed by atoms with E-state index >= 15 is 0 Å². The van der Waals surface area contributed by atoms with E-state index in [4.69, 9.17) is 5.73 Å². The highest BCUT2D eigenvalue weighted by Gasteiger charge is 2.24. The summed E-state index contributed by atoms with van der Waals surface area (Å²) in [4.78, 5) is 11.0. The minimum atomic E-state index is 0.439. The van der Waals surface area contributed by atoms with Gasteiger partial charge in [-0.1, -0.05) is 6.42 Å². The van der Waals surface area contributed by atoms with E-state index in [1.54, 1.807) is 6.33 Å². The summed E-state index contributed by atoms with van der Waals surface area (Å²) in [6.07, 6.45) is 8.12. The molecule has 3 N–H and O–H groups in total. The third-order valence-electron chi connectivity index (χ3n) is 4.39. The van der Waals surface area contributed by atoms with Gasteiger partial charge in [0.1, 0.15) is 18.0 Å². The Kier molecular flexibility index (Phi) is 3.82. The summed E-state index contributed by atoms with van der Waals surface area (Å²) < 4.78 is 0. The Labute approximate surface area is 114 Å². The summed E-state index contributed by atoms with van der Waals surface area (Å²) in [5.41, 5.74) is 5.82. The summed E-state index contributed by atoms with van der Waals surface area (Å²) in [6, 6.07) is 2.50. The molecule has 1 aliphatic heterocycles. The molecule has 2 fully saturated rings. The zero-order valence-corrected chi connectivity index (χ0v) is 11.4. The average molecular weight is 261 g/mol. The maximum absolute atomic E-state index is 5.82. The fourth-order valence-corrected chi connectivity index (χ4v) is 2.93. The molecular weight excluding hydrogens is 238 g/mol. The van der Waals surface area contributed by atoms with Crippen LogP contribution in [0.5, 0.6) is 0 Å². The van der Waals surface area contributed by atoms with Crippen molar-refractivity contribution in [3.05, 3.63) is 12.4 Å². The predicted octanol–water partition coefficient (Wildman–Crippen LogP) is 1.62. The van der Waals surface area contributed by atoms with E-state index in [-0.39, 0.29) is 0 Å². The van der Waals surface area contributed by atoms with E-state index in [1.165, 1.54) is 32.1 Å². The first-order valence-corrected chi connectivity index (χ1v) is 7.39. The number of nitrogens with one attached hydrogen (secondary N) is 1. The molecule has 104 valence electrons. The zero-order valence-electron chi connectivity index (χ0n) is 11.4. The summed E-state index contributed by atoms with van der Waals surface area (Å²) in [5, 5.41) is 3.43. The molecule has 0 spiro atoms. The van der Waals surface area contributed by atoms with Gasteiger partial charge in [0.2, 0.25) is 0 Å². The van der Waals surface area contributed by atoms with Gasteiger partial charge in [-0.15, -0.1) is 0 Å². The second-order valence-corrected chi connectivity index (χ2v) is 5.66. The van der Waals surface area contributed by atoms with E-state index < -0.39 is 0 Å². The van der Waals surface area contributed by atoms with Gasteiger partial charge in [-0.05, 0) is 31.6 Å². The van der Waals surface area contributed by atoms with Crippen molar-refractivity contribution in [3.63, 3.8) is 0 Å². The summed E-state index contributed by atoms with van der Waals surface area (Å²) >= 11 is 0. The van der Waals surface area contributed by atoms with E-state index in [0.717, 1.165) is 30.6 Å². The van der Waals surface area contributed by atoms with E-state index in [2.05, 4.69) is 26.3 Å². The van der Waals surface area contributed by atoms with Crippen molar-refractivity contribution < 1.29 is 0 Å². The second-order valence-electron chi connectivity index (χ2n) is 5.66. The first-order valence-electron chi connectivity index (χ1n) is 7.39. The number of hydrogen-bond donors (Lipinski definition) is 2. The van der Waals surface area contributed by atoms with Crippen LogP contribution in [0.4, 0.5) is 11.6 Å². The lowest BCUT2D eigenvalue weighted by Gasteiger charge is -2.26. The Bertz CT molecular complexity index is 418. The molecule has 0 bridgehead atoms. The van der Waals surface area contributed by atoms with Crippen molar-refractivity contribution >= 4 is 11.6 Å². The van der Waals surface area contributed by atoms with Crippen LogP contribution in [0.1, 0.15) is 32.1 Å². The Morgan fingerprint density at radius 3 is 2.89 bits per heavy atom. The molecule has 1 atom stereocenters. The lowest BCUT2D eigenvalue weighted by atomic mass is 9.85. The van der Waals surface area contributed by atoms with Crippen LogP contribution >= 0.6 is 0 Å². The van der Waals surface area contributed by atoms with Gasteiger partial charge < -0.3 is 16.0 Å². The molecule has 5 nitrogen and oxygen atoms in total.